The molecule has 0 aliphatic heterocycles. The maximum atomic E-state index is 12.2. The fourth-order valence-electron chi connectivity index (χ4n) is 1.81. The molecule has 0 aliphatic carbocycles. The monoisotopic (exact) mass is 286 g/mol. The summed E-state index contributed by atoms with van der Waals surface area (Å²) in [6.45, 7) is 6.74. The maximum absolute atomic E-state index is 12.2. The van der Waals surface area contributed by atoms with Crippen LogP contribution >= 0.6 is 0 Å². The Balaban J connectivity index is 2.64. The molecule has 2 heteroatoms. The van der Waals surface area contributed by atoms with Gasteiger partial charge < -0.3 is 4.74 Å². The van der Waals surface area contributed by atoms with Crippen molar-refractivity contribution in [3.63, 3.8) is 0 Å². The van der Waals surface area contributed by atoms with Gasteiger partial charge in [-0.1, -0.05) is 57.5 Å². The lowest BCUT2D eigenvalue weighted by Gasteiger charge is -2.06. The molecule has 1 rings (SSSR count). The zero-order valence-corrected chi connectivity index (χ0v) is 13.4. The first-order valence-corrected chi connectivity index (χ1v) is 7.78. The van der Waals surface area contributed by atoms with E-state index in [4.69, 9.17) is 4.74 Å². The second-order valence-electron chi connectivity index (χ2n) is 5.62. The highest BCUT2D eigenvalue weighted by Crippen LogP contribution is 2.11. The van der Waals surface area contributed by atoms with Gasteiger partial charge in [0.2, 0.25) is 0 Å². The molecule has 0 radical (unpaired) electrons. The number of ether oxygens (including phenoxy) is 1. The Morgan fingerprint density at radius 3 is 2.62 bits per heavy atom. The summed E-state index contributed by atoms with van der Waals surface area (Å²) in [6.07, 6.45) is 5.67. The van der Waals surface area contributed by atoms with Crippen molar-refractivity contribution in [3.8, 4) is 0 Å². The molecule has 2 nitrogen and oxygen atoms in total. The molecule has 0 atom stereocenters. The minimum Gasteiger partial charge on any atom is -0.457 e. The minimum absolute atomic E-state index is 0.243. The van der Waals surface area contributed by atoms with Gasteiger partial charge in [-0.25, -0.2) is 4.79 Å². The molecular formula is C19H26O2. The molecule has 0 aromatic heterocycles. The lowest BCUT2D eigenvalue weighted by Crippen LogP contribution is -2.07. The van der Waals surface area contributed by atoms with Crippen molar-refractivity contribution in [1.82, 2.24) is 0 Å². The van der Waals surface area contributed by atoms with Gasteiger partial charge in [0, 0.05) is 0 Å². The van der Waals surface area contributed by atoms with Gasteiger partial charge in [-0.05, 0) is 36.8 Å². The topological polar surface area (TPSA) is 26.3 Å². The van der Waals surface area contributed by atoms with Gasteiger partial charge >= 0.3 is 5.97 Å². The molecular weight excluding hydrogens is 260 g/mol. The van der Waals surface area contributed by atoms with Gasteiger partial charge in [0.1, 0.15) is 6.61 Å². The molecule has 0 unspecified atom stereocenters. The first-order chi connectivity index (χ1) is 10.1. The average Bonchev–Trinajstić information content (AvgIpc) is 2.49. The van der Waals surface area contributed by atoms with Gasteiger partial charge in [-0.3, -0.25) is 0 Å². The first kappa shape index (κ1) is 17.3. The van der Waals surface area contributed by atoms with Crippen LogP contribution in [0.1, 0.15) is 52.0 Å². The van der Waals surface area contributed by atoms with Crippen LogP contribution in [-0.4, -0.2) is 5.97 Å². The number of unbranched alkanes of at least 4 members (excludes halogenated alkanes) is 1. The quantitative estimate of drug-likeness (QED) is 0.380. The number of carbonyl (C=O) groups is 1. The van der Waals surface area contributed by atoms with E-state index in [1.165, 1.54) is 0 Å². The molecule has 0 heterocycles. The van der Waals surface area contributed by atoms with Crippen LogP contribution in [0.3, 0.4) is 0 Å². The summed E-state index contributed by atoms with van der Waals surface area (Å²) in [5.74, 6) is 0.331. The summed E-state index contributed by atoms with van der Waals surface area (Å²) >= 11 is 0. The third kappa shape index (κ3) is 7.53. The molecule has 21 heavy (non-hydrogen) atoms. The van der Waals surface area contributed by atoms with E-state index in [2.05, 4.69) is 26.5 Å². The summed E-state index contributed by atoms with van der Waals surface area (Å²) in [5, 5.41) is 0. The number of hydrogen-bond donors (Lipinski definition) is 0. The van der Waals surface area contributed by atoms with Gasteiger partial charge in [-0.2, -0.15) is 0 Å². The van der Waals surface area contributed by atoms with Gasteiger partial charge in [0.05, 0.1) is 5.57 Å². The van der Waals surface area contributed by atoms with Crippen molar-refractivity contribution < 1.29 is 9.53 Å². The Labute approximate surface area is 128 Å². The van der Waals surface area contributed by atoms with Gasteiger partial charge in [0.15, 0.2) is 0 Å². The molecule has 0 saturated carbocycles. The molecule has 0 aliphatic rings. The number of esters is 1. The second-order valence-corrected chi connectivity index (χ2v) is 5.62. The fourth-order valence-corrected chi connectivity index (χ4v) is 1.81. The fraction of sp³-hybridized carbons (Fsp3) is 0.474. The molecule has 0 amide bonds. The number of rotatable bonds is 8. The van der Waals surface area contributed by atoms with E-state index in [1.807, 2.05) is 36.4 Å². The highest BCUT2D eigenvalue weighted by Gasteiger charge is 2.10. The molecule has 114 valence electrons. The number of hydrogen-bond acceptors (Lipinski definition) is 2. The average molecular weight is 286 g/mol. The van der Waals surface area contributed by atoms with E-state index < -0.39 is 0 Å². The normalized spacial score (nSPS) is 10.1. The lowest BCUT2D eigenvalue weighted by molar-refractivity contribution is -0.140. The second kappa shape index (κ2) is 10.0. The molecule has 0 fully saturated rings. The highest BCUT2D eigenvalue weighted by molar-refractivity contribution is 5.88. The highest BCUT2D eigenvalue weighted by atomic mass is 16.5. The predicted octanol–water partition coefficient (Wildman–Crippen LogP) is 5.05. The van der Waals surface area contributed by atoms with E-state index in [-0.39, 0.29) is 5.97 Å². The van der Waals surface area contributed by atoms with Crippen molar-refractivity contribution in [3.05, 3.63) is 53.3 Å². The Hall–Kier alpha value is -1.79. The van der Waals surface area contributed by atoms with Crippen molar-refractivity contribution in [1.29, 1.82) is 0 Å². The molecule has 0 spiro atoms. The zero-order valence-electron chi connectivity index (χ0n) is 13.4. The summed E-state index contributed by atoms with van der Waals surface area (Å²) in [6, 6.07) is 9.75. The van der Waals surface area contributed by atoms with Crippen molar-refractivity contribution in [2.75, 3.05) is 0 Å². The number of carbonyl (C=O) groups excluding carboxylic acids is 1. The van der Waals surface area contributed by atoms with Crippen LogP contribution in [-0.2, 0) is 16.1 Å². The third-order valence-electron chi connectivity index (χ3n) is 3.11. The summed E-state index contributed by atoms with van der Waals surface area (Å²) in [7, 11) is 0. The van der Waals surface area contributed by atoms with Crippen LogP contribution in [0.4, 0.5) is 0 Å². The summed E-state index contributed by atoms with van der Waals surface area (Å²) < 4.78 is 5.39. The Morgan fingerprint density at radius 1 is 1.29 bits per heavy atom. The van der Waals surface area contributed by atoms with E-state index >= 15 is 0 Å². The van der Waals surface area contributed by atoms with E-state index in [0.29, 0.717) is 18.1 Å². The van der Waals surface area contributed by atoms with Crippen LogP contribution in [0, 0.1) is 5.92 Å². The van der Waals surface area contributed by atoms with Crippen LogP contribution in [0.25, 0.3) is 0 Å². The first-order valence-electron chi connectivity index (χ1n) is 7.78. The van der Waals surface area contributed by atoms with E-state index in [9.17, 15) is 4.79 Å². The lowest BCUT2D eigenvalue weighted by atomic mass is 10.1. The molecule has 1 aromatic carbocycles. The van der Waals surface area contributed by atoms with Gasteiger partial charge in [-0.15, -0.1) is 5.73 Å². The Bertz CT molecular complexity index is 480. The van der Waals surface area contributed by atoms with Gasteiger partial charge in [0.25, 0.3) is 0 Å². The SMILES string of the molecule is CCCCC(=C=CCC(C)C)C(=O)OCc1ccccc1. The largest absolute Gasteiger partial charge is 0.457 e. The van der Waals surface area contributed by atoms with E-state index in [1.54, 1.807) is 0 Å². The van der Waals surface area contributed by atoms with E-state index in [0.717, 1.165) is 31.2 Å². The summed E-state index contributed by atoms with van der Waals surface area (Å²) in [5.41, 5.74) is 4.81. The summed E-state index contributed by atoms with van der Waals surface area (Å²) in [4.78, 5) is 12.2. The Morgan fingerprint density at radius 2 is 2.00 bits per heavy atom. The molecule has 0 N–H and O–H groups in total. The molecule has 0 bridgehead atoms. The third-order valence-corrected chi connectivity index (χ3v) is 3.11. The maximum Gasteiger partial charge on any atom is 0.342 e. The Kier molecular flexibility index (Phi) is 8.23. The van der Waals surface area contributed by atoms with Crippen LogP contribution in [0.15, 0.2) is 47.7 Å². The minimum atomic E-state index is -0.243. The predicted molar refractivity (Wildman–Crippen MR) is 86.8 cm³/mol. The van der Waals surface area contributed by atoms with Crippen molar-refractivity contribution in [2.24, 2.45) is 5.92 Å². The smallest absolute Gasteiger partial charge is 0.342 e. The zero-order chi connectivity index (χ0) is 15.5. The standard InChI is InChI=1S/C19H26O2/c1-4-5-13-18(14-9-10-16(2)3)19(20)21-15-17-11-7-6-8-12-17/h6-9,11-12,16H,4-5,10,13,15H2,1-3H3. The van der Waals surface area contributed by atoms with Crippen LogP contribution < -0.4 is 0 Å². The van der Waals surface area contributed by atoms with Crippen molar-refractivity contribution >= 4 is 5.97 Å². The van der Waals surface area contributed by atoms with Crippen LogP contribution in [0.5, 0.6) is 0 Å². The number of benzene rings is 1. The molecule has 1 aromatic rings. The van der Waals surface area contributed by atoms with Crippen LogP contribution in [0.2, 0.25) is 0 Å². The van der Waals surface area contributed by atoms with Crippen molar-refractivity contribution in [2.45, 2.75) is 53.1 Å². The molecule has 0 saturated heterocycles.